The van der Waals surface area contributed by atoms with E-state index in [4.69, 9.17) is 14.9 Å². The van der Waals surface area contributed by atoms with Crippen LogP contribution < -0.4 is 4.90 Å². The van der Waals surface area contributed by atoms with E-state index in [1.165, 1.54) is 11.1 Å². The van der Waals surface area contributed by atoms with Crippen molar-refractivity contribution < 1.29 is 42.0 Å². The fourth-order valence-corrected chi connectivity index (χ4v) is 3.86. The van der Waals surface area contributed by atoms with Gasteiger partial charge in [0.15, 0.2) is 0 Å². The number of nitrogens with zero attached hydrogens (tertiary/aromatic N) is 1. The molecule has 37 heavy (non-hydrogen) atoms. The van der Waals surface area contributed by atoms with Crippen LogP contribution in [0.1, 0.15) is 62.5 Å². The predicted molar refractivity (Wildman–Crippen MR) is 154 cm³/mol. The number of amides is 1. The van der Waals surface area contributed by atoms with Crippen LogP contribution in [0.5, 0.6) is 0 Å². The number of hydrogen-bond donors (Lipinski definition) is 2. The number of cyclic esters (lactones) is 2. The molecule has 1 amide bonds. The van der Waals surface area contributed by atoms with Gasteiger partial charge in [-0.2, -0.15) is 0 Å². The van der Waals surface area contributed by atoms with Crippen LogP contribution >= 0.6 is 36.3 Å². The number of halogens is 2. The second-order valence-corrected chi connectivity index (χ2v) is 9.48. The maximum absolute atomic E-state index is 11.4. The summed E-state index contributed by atoms with van der Waals surface area (Å²) in [5.41, 5.74) is 3.33. The third kappa shape index (κ3) is 13.0. The summed E-state index contributed by atoms with van der Waals surface area (Å²) in [6.45, 7) is 6.37. The van der Waals surface area contributed by atoms with Crippen molar-refractivity contribution in [2.45, 2.75) is 51.4 Å². The molecular formula is C27H36BrCuINO6. The van der Waals surface area contributed by atoms with Gasteiger partial charge in [-0.25, -0.2) is 4.79 Å². The van der Waals surface area contributed by atoms with Crippen molar-refractivity contribution >= 4 is 54.0 Å². The zero-order valence-corrected chi connectivity index (χ0v) is 25.9. The molecule has 2 N–H and O–H groups in total. The third-order valence-electron chi connectivity index (χ3n) is 5.89. The number of hydrogen-bond acceptors (Lipinski definition) is 6. The Bertz CT molecular complexity index is 908. The van der Waals surface area contributed by atoms with Gasteiger partial charge >= 0.3 is 45.2 Å². The topological polar surface area (TPSA) is 96.3 Å². The van der Waals surface area contributed by atoms with E-state index in [2.05, 4.69) is 59.4 Å². The first-order chi connectivity index (χ1) is 17.8. The maximum atomic E-state index is 11.4. The molecule has 2 aliphatic rings. The summed E-state index contributed by atoms with van der Waals surface area (Å²) in [6.07, 6.45) is 2.85. The van der Waals surface area contributed by atoms with Crippen molar-refractivity contribution in [3.05, 3.63) is 64.1 Å². The number of esters is 1. The normalized spacial score (nSPS) is 15.6. The Labute approximate surface area is 248 Å². The van der Waals surface area contributed by atoms with Gasteiger partial charge in [0.25, 0.3) is 0 Å². The molecule has 2 fully saturated rings. The van der Waals surface area contributed by atoms with Crippen LogP contribution in [0.15, 0.2) is 53.0 Å². The Balaban J connectivity index is 0.000000296. The van der Waals surface area contributed by atoms with E-state index in [1.54, 1.807) is 25.2 Å². The standard InChI is InChI=1S/C13H17NO3.C10H13BrO.C4H6O2.Cu.HI/c1-10(6-8-15)11-2-4-12(5-3-11)14-7-9-17-13(14)16;1-8(6-7-12)9-2-4-10(11)5-3-9;5-4-2-1-3-6-4;;/h2-5,10,15H,6-9H2,1H3;2-5,8,12H,6-7H2,1H3;1-3H2;;1H/q;;;+1;/p-1. The predicted octanol–water partition coefficient (Wildman–Crippen LogP) is 6.27. The van der Waals surface area contributed by atoms with Gasteiger partial charge in [-0.3, -0.25) is 9.69 Å². The first-order valence-electron chi connectivity index (χ1n) is 12.1. The van der Waals surface area contributed by atoms with Crippen LogP contribution in [-0.4, -0.2) is 55.2 Å². The van der Waals surface area contributed by atoms with Crippen LogP contribution in [-0.2, 0) is 27.0 Å². The number of aliphatic hydroxyl groups is 2. The van der Waals surface area contributed by atoms with Crippen LogP contribution in [0.3, 0.4) is 0 Å². The molecule has 2 saturated heterocycles. The molecule has 0 radical (unpaired) electrons. The van der Waals surface area contributed by atoms with Gasteiger partial charge in [-0.15, -0.1) is 0 Å². The van der Waals surface area contributed by atoms with Gasteiger partial charge in [-0.05, 0) is 66.5 Å². The van der Waals surface area contributed by atoms with Crippen molar-refractivity contribution in [1.29, 1.82) is 0 Å². The molecule has 4 rings (SSSR count). The molecule has 0 saturated carbocycles. The van der Waals surface area contributed by atoms with Crippen molar-refractivity contribution in [1.82, 2.24) is 0 Å². The average Bonchev–Trinajstić information content (AvgIpc) is 3.57. The van der Waals surface area contributed by atoms with E-state index in [-0.39, 0.29) is 25.3 Å². The molecular weight excluding hydrogens is 705 g/mol. The summed E-state index contributed by atoms with van der Waals surface area (Å²) in [5.74, 6) is 0.734. The molecule has 2 heterocycles. The number of anilines is 1. The summed E-state index contributed by atoms with van der Waals surface area (Å²) >= 11 is 9.25. The number of carbonyl (C=O) groups excluding carboxylic acids is 2. The fraction of sp³-hybridized carbons (Fsp3) is 0.481. The molecule has 0 bridgehead atoms. The number of benzene rings is 2. The number of carbonyl (C=O) groups is 2. The van der Waals surface area contributed by atoms with Crippen molar-refractivity contribution in [3.8, 4) is 0 Å². The molecule has 2 aromatic carbocycles. The quantitative estimate of drug-likeness (QED) is 0.198. The molecule has 210 valence electrons. The molecule has 0 aliphatic carbocycles. The van der Waals surface area contributed by atoms with Gasteiger partial charge in [-0.1, -0.05) is 54.0 Å². The van der Waals surface area contributed by atoms with Crippen molar-refractivity contribution in [2.24, 2.45) is 0 Å². The van der Waals surface area contributed by atoms with Gasteiger partial charge in [0.05, 0.1) is 13.2 Å². The second kappa shape index (κ2) is 19.8. The number of ether oxygens (including phenoxy) is 2. The first-order valence-corrected chi connectivity index (χ1v) is 16.0. The fourth-order valence-electron chi connectivity index (χ4n) is 3.60. The molecule has 10 heteroatoms. The van der Waals surface area contributed by atoms with Gasteiger partial charge < -0.3 is 19.7 Å². The van der Waals surface area contributed by atoms with Crippen LogP contribution in [0.2, 0.25) is 0 Å². The van der Waals surface area contributed by atoms with E-state index in [0.717, 1.165) is 29.4 Å². The minimum absolute atomic E-state index is 0.0463. The molecule has 2 aliphatic heterocycles. The molecule has 0 aromatic heterocycles. The average molecular weight is 741 g/mol. The third-order valence-corrected chi connectivity index (χ3v) is 6.41. The van der Waals surface area contributed by atoms with Crippen molar-refractivity contribution in [3.63, 3.8) is 0 Å². The summed E-state index contributed by atoms with van der Waals surface area (Å²) in [7, 11) is 0. The van der Waals surface area contributed by atoms with E-state index < -0.39 is 0 Å². The Morgan fingerprint density at radius 2 is 1.41 bits per heavy atom. The summed E-state index contributed by atoms with van der Waals surface area (Å²) < 4.78 is 10.5. The molecule has 2 atom stereocenters. The summed E-state index contributed by atoms with van der Waals surface area (Å²) in [6, 6.07) is 16.1. The second-order valence-electron chi connectivity index (χ2n) is 8.56. The monoisotopic (exact) mass is 739 g/mol. The number of aliphatic hydroxyl groups excluding tert-OH is 2. The Hall–Kier alpha value is -1.17. The SMILES string of the molecule is CC(CCO)c1ccc(Br)cc1.CC(CCO)c1ccc(N2CCOC2=O)cc1.O=C1CCCO1.[Cu][I]. The van der Waals surface area contributed by atoms with Crippen LogP contribution in [0, 0.1) is 0 Å². The summed E-state index contributed by atoms with van der Waals surface area (Å²) in [4.78, 5) is 23.0. The molecule has 2 aromatic rings. The van der Waals surface area contributed by atoms with E-state index >= 15 is 0 Å². The molecule has 7 nitrogen and oxygen atoms in total. The Kier molecular flexibility index (Phi) is 18.1. The van der Waals surface area contributed by atoms with E-state index in [0.29, 0.717) is 38.0 Å². The minimum atomic E-state index is -0.277. The van der Waals surface area contributed by atoms with E-state index in [9.17, 15) is 9.59 Å². The molecule has 2 unspecified atom stereocenters. The summed E-state index contributed by atoms with van der Waals surface area (Å²) in [5, 5.41) is 17.6. The molecule has 0 spiro atoms. The van der Waals surface area contributed by atoms with Gasteiger partial charge in [0.1, 0.15) is 6.61 Å². The Morgan fingerprint density at radius 1 is 0.892 bits per heavy atom. The van der Waals surface area contributed by atoms with E-state index in [1.807, 2.05) is 36.4 Å². The first kappa shape index (κ1) is 33.9. The zero-order valence-electron chi connectivity index (χ0n) is 21.2. The zero-order chi connectivity index (χ0) is 27.6. The van der Waals surface area contributed by atoms with Crippen molar-refractivity contribution in [2.75, 3.05) is 37.9 Å². The van der Waals surface area contributed by atoms with Gasteiger partial charge in [0.2, 0.25) is 0 Å². The number of rotatable bonds is 7. The van der Waals surface area contributed by atoms with Crippen LogP contribution in [0.25, 0.3) is 0 Å². The van der Waals surface area contributed by atoms with Crippen LogP contribution in [0.4, 0.5) is 10.5 Å². The Morgan fingerprint density at radius 3 is 1.76 bits per heavy atom. The van der Waals surface area contributed by atoms with Gasteiger partial charge in [0, 0.05) is 29.8 Å².